The van der Waals surface area contributed by atoms with Gasteiger partial charge in [0.1, 0.15) is 0 Å². The van der Waals surface area contributed by atoms with Gasteiger partial charge < -0.3 is 9.64 Å². The van der Waals surface area contributed by atoms with E-state index < -0.39 is 0 Å². The maximum atomic E-state index is 11.5. The van der Waals surface area contributed by atoms with Gasteiger partial charge in [0.15, 0.2) is 0 Å². The molecule has 2 heterocycles. The van der Waals surface area contributed by atoms with E-state index in [9.17, 15) is 4.79 Å². The number of alkyl halides is 1. The third kappa shape index (κ3) is 4.06. The molecule has 5 heteroatoms. The van der Waals surface area contributed by atoms with Crippen LogP contribution in [0.1, 0.15) is 12.8 Å². The molecule has 0 unspecified atom stereocenters. The maximum Gasteiger partial charge on any atom is 0.232 e. The first-order valence-corrected chi connectivity index (χ1v) is 7.96. The zero-order valence-corrected chi connectivity index (χ0v) is 12.4. The molecule has 2 aliphatic heterocycles. The summed E-state index contributed by atoms with van der Waals surface area (Å²) >= 11 is 2.15. The second-order valence-corrected chi connectivity index (χ2v) is 5.63. The summed E-state index contributed by atoms with van der Waals surface area (Å²) in [5, 5.41) is 0. The average Bonchev–Trinajstić information content (AvgIpc) is 2.40. The van der Waals surface area contributed by atoms with Gasteiger partial charge in [-0.2, -0.15) is 0 Å². The summed E-state index contributed by atoms with van der Waals surface area (Å²) in [5.41, 5.74) is 0. The van der Waals surface area contributed by atoms with E-state index in [2.05, 4.69) is 27.5 Å². The predicted molar refractivity (Wildman–Crippen MR) is 75.5 cm³/mol. The Balaban J connectivity index is 1.69. The zero-order chi connectivity index (χ0) is 12.1. The van der Waals surface area contributed by atoms with Crippen LogP contribution < -0.4 is 0 Å². The molecule has 4 nitrogen and oxygen atoms in total. The highest BCUT2D eigenvalue weighted by Gasteiger charge is 2.23. The summed E-state index contributed by atoms with van der Waals surface area (Å²) in [4.78, 5) is 16.0. The molecule has 0 aliphatic carbocycles. The van der Waals surface area contributed by atoms with E-state index >= 15 is 0 Å². The van der Waals surface area contributed by atoms with Gasteiger partial charge in [-0.25, -0.2) is 0 Å². The molecule has 0 radical (unpaired) electrons. The molecule has 98 valence electrons. The third-order valence-electron chi connectivity index (χ3n) is 3.70. The Hall–Kier alpha value is 0.120. The normalized spacial score (nSPS) is 23.9. The summed E-state index contributed by atoms with van der Waals surface area (Å²) < 4.78 is 5.99. The van der Waals surface area contributed by atoms with Crippen molar-refractivity contribution in [3.63, 3.8) is 0 Å². The predicted octanol–water partition coefficient (Wildman–Crippen LogP) is 0.992. The molecule has 0 atom stereocenters. The Morgan fingerprint density at radius 1 is 1.18 bits per heavy atom. The van der Waals surface area contributed by atoms with Crippen LogP contribution >= 0.6 is 22.6 Å². The van der Waals surface area contributed by atoms with E-state index in [1.165, 1.54) is 19.4 Å². The lowest BCUT2D eigenvalue weighted by Crippen LogP contribution is -2.50. The number of hydrogen-bond acceptors (Lipinski definition) is 3. The molecule has 0 aromatic carbocycles. The molecular weight excluding hydrogens is 331 g/mol. The number of nitrogens with zero attached hydrogens (tertiary/aromatic N) is 2. The fourth-order valence-corrected chi connectivity index (χ4v) is 3.04. The first-order chi connectivity index (χ1) is 8.29. The van der Waals surface area contributed by atoms with Crippen LogP contribution in [0.25, 0.3) is 0 Å². The molecule has 17 heavy (non-hydrogen) atoms. The number of carbonyl (C=O) groups is 1. The van der Waals surface area contributed by atoms with E-state index in [1.54, 1.807) is 0 Å². The van der Waals surface area contributed by atoms with Crippen molar-refractivity contribution in [3.8, 4) is 0 Å². The molecule has 0 aromatic rings. The van der Waals surface area contributed by atoms with E-state index in [0.717, 1.165) is 45.3 Å². The van der Waals surface area contributed by atoms with E-state index in [1.807, 2.05) is 4.90 Å². The summed E-state index contributed by atoms with van der Waals surface area (Å²) in [6, 6.07) is 0. The SMILES string of the molecule is O=C(CI)N1CCN(CC2CCOCC2)CC1. The number of ether oxygens (including phenoxy) is 1. The Morgan fingerprint density at radius 3 is 2.41 bits per heavy atom. The molecule has 2 rings (SSSR count). The minimum Gasteiger partial charge on any atom is -0.381 e. The first kappa shape index (κ1) is 13.5. The highest BCUT2D eigenvalue weighted by molar-refractivity contribution is 14.1. The monoisotopic (exact) mass is 352 g/mol. The second kappa shape index (κ2) is 6.89. The first-order valence-electron chi connectivity index (χ1n) is 6.43. The Morgan fingerprint density at radius 2 is 1.82 bits per heavy atom. The standard InChI is InChI=1S/C12H21IN2O2/c13-9-12(16)15-5-3-14(4-6-15)10-11-1-7-17-8-2-11/h11H,1-10H2. The van der Waals surface area contributed by atoms with Gasteiger partial charge in [0.05, 0.1) is 4.43 Å². The lowest BCUT2D eigenvalue weighted by Gasteiger charge is -2.37. The van der Waals surface area contributed by atoms with Crippen LogP contribution in [-0.2, 0) is 9.53 Å². The smallest absolute Gasteiger partial charge is 0.232 e. The molecule has 1 amide bonds. The van der Waals surface area contributed by atoms with Crippen molar-refractivity contribution >= 4 is 28.5 Å². The van der Waals surface area contributed by atoms with Gasteiger partial charge in [-0.15, -0.1) is 0 Å². The zero-order valence-electron chi connectivity index (χ0n) is 10.2. The average molecular weight is 352 g/mol. The van der Waals surface area contributed by atoms with Gasteiger partial charge in [-0.3, -0.25) is 9.69 Å². The van der Waals surface area contributed by atoms with Gasteiger partial charge in [0.2, 0.25) is 5.91 Å². The summed E-state index contributed by atoms with van der Waals surface area (Å²) in [6.45, 7) is 6.95. The highest BCUT2D eigenvalue weighted by Crippen LogP contribution is 2.17. The summed E-state index contributed by atoms with van der Waals surface area (Å²) in [6.07, 6.45) is 2.40. The molecule has 0 aromatic heterocycles. The fraction of sp³-hybridized carbons (Fsp3) is 0.917. The Bertz CT molecular complexity index is 249. The van der Waals surface area contributed by atoms with E-state index in [-0.39, 0.29) is 5.91 Å². The molecule has 0 N–H and O–H groups in total. The van der Waals surface area contributed by atoms with E-state index in [0.29, 0.717) is 4.43 Å². The number of amides is 1. The van der Waals surface area contributed by atoms with Crippen LogP contribution in [0.5, 0.6) is 0 Å². The molecular formula is C12H21IN2O2. The van der Waals surface area contributed by atoms with Crippen LogP contribution in [-0.4, -0.2) is 66.1 Å². The number of halogens is 1. The molecule has 0 saturated carbocycles. The van der Waals surface area contributed by atoms with Gasteiger partial charge >= 0.3 is 0 Å². The van der Waals surface area contributed by atoms with Crippen LogP contribution in [0.2, 0.25) is 0 Å². The van der Waals surface area contributed by atoms with Gasteiger partial charge in [-0.1, -0.05) is 22.6 Å². The van der Waals surface area contributed by atoms with Crippen molar-refractivity contribution in [2.45, 2.75) is 12.8 Å². The number of rotatable bonds is 3. The van der Waals surface area contributed by atoms with Crippen LogP contribution in [0.4, 0.5) is 0 Å². The van der Waals surface area contributed by atoms with Gasteiger partial charge in [-0.05, 0) is 18.8 Å². The largest absolute Gasteiger partial charge is 0.381 e. The lowest BCUT2D eigenvalue weighted by atomic mass is 9.99. The minimum absolute atomic E-state index is 0.288. The van der Waals surface area contributed by atoms with Crippen LogP contribution in [0.3, 0.4) is 0 Å². The summed E-state index contributed by atoms with van der Waals surface area (Å²) in [5.74, 6) is 1.09. The molecule has 2 saturated heterocycles. The van der Waals surface area contributed by atoms with Crippen molar-refractivity contribution in [3.05, 3.63) is 0 Å². The van der Waals surface area contributed by atoms with Crippen LogP contribution in [0, 0.1) is 5.92 Å². The number of carbonyl (C=O) groups excluding carboxylic acids is 1. The fourth-order valence-electron chi connectivity index (χ4n) is 2.56. The highest BCUT2D eigenvalue weighted by atomic mass is 127. The molecule has 0 bridgehead atoms. The third-order valence-corrected chi connectivity index (χ3v) is 4.35. The number of piperazine rings is 1. The second-order valence-electron chi connectivity index (χ2n) is 4.87. The molecule has 2 aliphatic rings. The quantitative estimate of drug-likeness (QED) is 0.561. The van der Waals surface area contributed by atoms with Crippen molar-refractivity contribution in [1.82, 2.24) is 9.80 Å². The molecule has 2 fully saturated rings. The topological polar surface area (TPSA) is 32.8 Å². The number of hydrogen-bond donors (Lipinski definition) is 0. The van der Waals surface area contributed by atoms with Crippen molar-refractivity contribution in [2.75, 3.05) is 50.4 Å². The van der Waals surface area contributed by atoms with Gasteiger partial charge in [0.25, 0.3) is 0 Å². The Labute approximate surface area is 117 Å². The summed E-state index contributed by atoms with van der Waals surface area (Å²) in [7, 11) is 0. The lowest BCUT2D eigenvalue weighted by molar-refractivity contribution is -0.129. The van der Waals surface area contributed by atoms with Crippen LogP contribution in [0.15, 0.2) is 0 Å². The molecule has 0 spiro atoms. The Kier molecular flexibility index (Phi) is 5.49. The minimum atomic E-state index is 0.288. The van der Waals surface area contributed by atoms with Crippen molar-refractivity contribution < 1.29 is 9.53 Å². The van der Waals surface area contributed by atoms with Crippen molar-refractivity contribution in [2.24, 2.45) is 5.92 Å². The van der Waals surface area contributed by atoms with E-state index in [4.69, 9.17) is 4.74 Å². The van der Waals surface area contributed by atoms with Gasteiger partial charge in [0, 0.05) is 45.9 Å². The van der Waals surface area contributed by atoms with Crippen molar-refractivity contribution in [1.29, 1.82) is 0 Å². The maximum absolute atomic E-state index is 11.5.